The summed E-state index contributed by atoms with van der Waals surface area (Å²) in [6.45, 7) is 1.90. The molecule has 3 aliphatic heterocycles. The standard InChI is InChI=1S/C19H22N2O2.C13H24N4O3.C6H13N/c20-18(14-16-9-5-2-6-10-16)19(23)21-17(11-12-22)13-15-7-3-1-4-8-15;14-4-2-1-3-11(15)13(20)16-6-9-5-10(7-16)17(9)8-12(18)19;7-6-4-2-1-3-5-6/h1-10,12,17-18H,11,13-14,20H2,(H,21,23);9-11H,1-8,14-15H2,(H,18,19);6H,1-5,7H2. The van der Waals surface area contributed by atoms with Crippen LogP contribution in [0.5, 0.6) is 0 Å². The van der Waals surface area contributed by atoms with Crippen molar-refractivity contribution in [1.29, 1.82) is 0 Å². The molecule has 10 N–H and O–H groups in total. The Kier molecular flexibility index (Phi) is 18.1. The number of piperazine rings is 1. The summed E-state index contributed by atoms with van der Waals surface area (Å²) in [7, 11) is 0. The predicted molar refractivity (Wildman–Crippen MR) is 196 cm³/mol. The van der Waals surface area contributed by atoms with Crippen molar-refractivity contribution in [2.75, 3.05) is 26.2 Å². The number of carbonyl (C=O) groups is 4. The van der Waals surface area contributed by atoms with Gasteiger partial charge in [-0.25, -0.2) is 0 Å². The number of unbranched alkanes of at least 4 members (excludes halogenated alkanes) is 1. The van der Waals surface area contributed by atoms with E-state index in [1.54, 1.807) is 4.90 Å². The SMILES string of the molecule is NC(Cc1ccccc1)C(=O)NC(CC=O)Cc1ccccc1.NC1CCCCC1.NCCCCC(N)C(=O)N1CC2CC(C1)N2CC(=O)O. The smallest absolute Gasteiger partial charge is 0.317 e. The van der Waals surface area contributed by atoms with E-state index in [0.29, 0.717) is 44.9 Å². The van der Waals surface area contributed by atoms with Gasteiger partial charge >= 0.3 is 5.97 Å². The van der Waals surface area contributed by atoms with Crippen LogP contribution in [0.2, 0.25) is 0 Å². The van der Waals surface area contributed by atoms with Crippen molar-refractivity contribution in [2.24, 2.45) is 22.9 Å². The number of piperidine rings is 1. The van der Waals surface area contributed by atoms with Crippen LogP contribution in [0.4, 0.5) is 0 Å². The van der Waals surface area contributed by atoms with Crippen molar-refractivity contribution in [3.8, 4) is 0 Å². The summed E-state index contributed by atoms with van der Waals surface area (Å²) < 4.78 is 0. The molecular weight excluding hydrogens is 634 g/mol. The lowest BCUT2D eigenvalue weighted by Crippen LogP contribution is -2.71. The normalized spacial score (nSPS) is 20.4. The lowest BCUT2D eigenvalue weighted by Gasteiger charge is -2.56. The second-order valence-electron chi connectivity index (χ2n) is 13.7. The molecule has 5 atom stereocenters. The lowest BCUT2D eigenvalue weighted by molar-refractivity contribution is -0.153. The molecule has 0 aromatic heterocycles. The molecule has 5 unspecified atom stereocenters. The Morgan fingerprint density at radius 1 is 0.860 bits per heavy atom. The number of carboxylic acid groups (broad SMARTS) is 1. The van der Waals surface area contributed by atoms with Gasteiger partial charge in [-0.2, -0.15) is 0 Å². The van der Waals surface area contributed by atoms with Crippen LogP contribution in [-0.2, 0) is 32.0 Å². The highest BCUT2D eigenvalue weighted by atomic mass is 16.4. The average molecular weight is 694 g/mol. The number of hydrogen-bond donors (Lipinski definition) is 6. The van der Waals surface area contributed by atoms with Crippen molar-refractivity contribution in [2.45, 2.75) is 113 Å². The number of hydrogen-bond acceptors (Lipinski definition) is 9. The van der Waals surface area contributed by atoms with Crippen molar-refractivity contribution in [3.63, 3.8) is 0 Å². The lowest BCUT2D eigenvalue weighted by atomic mass is 9.87. The zero-order valence-corrected chi connectivity index (χ0v) is 29.4. The Morgan fingerprint density at radius 3 is 1.94 bits per heavy atom. The van der Waals surface area contributed by atoms with Gasteiger partial charge in [-0.05, 0) is 62.6 Å². The largest absolute Gasteiger partial charge is 0.480 e. The zero-order chi connectivity index (χ0) is 36.3. The molecule has 12 heteroatoms. The van der Waals surface area contributed by atoms with Gasteiger partial charge in [0.05, 0.1) is 18.6 Å². The van der Waals surface area contributed by atoms with Crippen LogP contribution in [-0.4, -0.2) is 101 Å². The number of aliphatic carboxylic acids is 1. The molecule has 0 radical (unpaired) electrons. The van der Waals surface area contributed by atoms with E-state index in [1.165, 1.54) is 32.1 Å². The summed E-state index contributed by atoms with van der Waals surface area (Å²) >= 11 is 0. The third kappa shape index (κ3) is 14.3. The molecule has 50 heavy (non-hydrogen) atoms. The first-order valence-corrected chi connectivity index (χ1v) is 18.2. The van der Waals surface area contributed by atoms with Crippen LogP contribution in [0.25, 0.3) is 0 Å². The number of aldehydes is 1. The van der Waals surface area contributed by atoms with Crippen molar-refractivity contribution < 1.29 is 24.3 Å². The number of benzene rings is 2. The molecule has 2 amide bonds. The van der Waals surface area contributed by atoms with Crippen LogP contribution in [0, 0.1) is 0 Å². The molecule has 0 spiro atoms. The molecule has 2 bridgehead atoms. The maximum absolute atomic E-state index is 12.3. The quantitative estimate of drug-likeness (QED) is 0.118. The first-order chi connectivity index (χ1) is 24.1. The third-order valence-electron chi connectivity index (χ3n) is 9.60. The monoisotopic (exact) mass is 693 g/mol. The molecule has 12 nitrogen and oxygen atoms in total. The van der Waals surface area contributed by atoms with E-state index in [-0.39, 0.29) is 42.9 Å². The molecule has 3 heterocycles. The number of carbonyl (C=O) groups excluding carboxylic acids is 3. The van der Waals surface area contributed by atoms with E-state index >= 15 is 0 Å². The van der Waals surface area contributed by atoms with Crippen molar-refractivity contribution >= 4 is 24.1 Å². The fourth-order valence-corrected chi connectivity index (χ4v) is 6.76. The minimum absolute atomic E-state index is 0.00769. The van der Waals surface area contributed by atoms with E-state index in [2.05, 4.69) is 5.32 Å². The fraction of sp³-hybridized carbons (Fsp3) is 0.579. The molecule has 1 saturated carbocycles. The van der Waals surface area contributed by atoms with Gasteiger partial charge in [0.15, 0.2) is 0 Å². The van der Waals surface area contributed by atoms with Gasteiger partial charge in [-0.15, -0.1) is 0 Å². The number of carboxylic acids is 1. The summed E-state index contributed by atoms with van der Waals surface area (Å²) in [5.74, 6) is -1.04. The topological polar surface area (TPSA) is 211 Å². The van der Waals surface area contributed by atoms with Crippen molar-refractivity contribution in [1.82, 2.24) is 15.1 Å². The third-order valence-corrected chi connectivity index (χ3v) is 9.60. The Bertz CT molecular complexity index is 1280. The van der Waals surface area contributed by atoms with Crippen LogP contribution in [0.1, 0.15) is 75.3 Å². The highest BCUT2D eigenvalue weighted by molar-refractivity contribution is 5.82. The molecule has 2 aromatic rings. The molecule has 6 rings (SSSR count). The summed E-state index contributed by atoms with van der Waals surface area (Å²) in [6.07, 6.45) is 12.3. The average Bonchev–Trinajstić information content (AvgIpc) is 3.12. The summed E-state index contributed by atoms with van der Waals surface area (Å²) in [5.41, 5.74) is 25.1. The minimum Gasteiger partial charge on any atom is -0.480 e. The maximum atomic E-state index is 12.3. The fourth-order valence-electron chi connectivity index (χ4n) is 6.76. The number of fused-ring (bicyclic) bond motifs is 2. The van der Waals surface area contributed by atoms with Crippen LogP contribution >= 0.6 is 0 Å². The van der Waals surface area contributed by atoms with E-state index in [0.717, 1.165) is 36.7 Å². The number of nitrogens with one attached hydrogen (secondary N) is 1. The van der Waals surface area contributed by atoms with Gasteiger partial charge in [0.2, 0.25) is 11.8 Å². The van der Waals surface area contributed by atoms with Crippen LogP contribution < -0.4 is 28.3 Å². The van der Waals surface area contributed by atoms with E-state index in [9.17, 15) is 19.2 Å². The summed E-state index contributed by atoms with van der Waals surface area (Å²) in [6, 6.07) is 19.0. The van der Waals surface area contributed by atoms with Gasteiger partial charge in [-0.1, -0.05) is 86.3 Å². The number of rotatable bonds is 15. The van der Waals surface area contributed by atoms with Gasteiger partial charge in [0, 0.05) is 43.7 Å². The van der Waals surface area contributed by atoms with Crippen molar-refractivity contribution in [3.05, 3.63) is 71.8 Å². The Balaban J connectivity index is 0.000000228. The molecule has 4 aliphatic rings. The second kappa shape index (κ2) is 22.2. The Morgan fingerprint density at radius 2 is 1.44 bits per heavy atom. The highest BCUT2D eigenvalue weighted by Gasteiger charge is 2.46. The zero-order valence-electron chi connectivity index (χ0n) is 29.4. The molecule has 2 aromatic carbocycles. The highest BCUT2D eigenvalue weighted by Crippen LogP contribution is 2.32. The second-order valence-corrected chi connectivity index (χ2v) is 13.7. The summed E-state index contributed by atoms with van der Waals surface area (Å²) in [4.78, 5) is 49.9. The minimum atomic E-state index is -0.807. The number of amides is 2. The van der Waals surface area contributed by atoms with Gasteiger partial charge in [0.1, 0.15) is 6.29 Å². The maximum Gasteiger partial charge on any atom is 0.317 e. The van der Waals surface area contributed by atoms with Crippen LogP contribution in [0.3, 0.4) is 0 Å². The predicted octanol–water partition coefficient (Wildman–Crippen LogP) is 1.96. The molecule has 1 aliphatic carbocycles. The van der Waals surface area contributed by atoms with E-state index in [1.807, 2.05) is 65.6 Å². The molecule has 276 valence electrons. The first kappa shape index (κ1) is 40.7. The van der Waals surface area contributed by atoms with Gasteiger partial charge in [0.25, 0.3) is 0 Å². The first-order valence-electron chi connectivity index (χ1n) is 18.2. The summed E-state index contributed by atoms with van der Waals surface area (Å²) in [5, 5.41) is 11.7. The molecule has 4 fully saturated rings. The van der Waals surface area contributed by atoms with Gasteiger partial charge in [-0.3, -0.25) is 19.3 Å². The number of nitrogens with zero attached hydrogens (tertiary/aromatic N) is 2. The van der Waals surface area contributed by atoms with E-state index < -0.39 is 18.1 Å². The molecular formula is C38H59N7O5. The number of nitrogens with two attached hydrogens (primary N) is 4. The Labute approximate surface area is 297 Å². The van der Waals surface area contributed by atoms with E-state index in [4.69, 9.17) is 28.0 Å². The molecule has 3 saturated heterocycles. The van der Waals surface area contributed by atoms with Gasteiger partial charge < -0.3 is 43.1 Å². The van der Waals surface area contributed by atoms with Crippen LogP contribution in [0.15, 0.2) is 60.7 Å². The Hall–Kier alpha value is -3.68.